The second-order valence-corrected chi connectivity index (χ2v) is 12.0. The van der Waals surface area contributed by atoms with Crippen LogP contribution in [-0.2, 0) is 11.3 Å². The van der Waals surface area contributed by atoms with Gasteiger partial charge in [0.05, 0.1) is 6.04 Å². The maximum atomic E-state index is 13.7. The van der Waals surface area contributed by atoms with Crippen molar-refractivity contribution in [3.8, 4) is 11.3 Å². The van der Waals surface area contributed by atoms with E-state index in [4.69, 9.17) is 39.3 Å². The maximum Gasteiger partial charge on any atom is 0.273 e. The Morgan fingerprint density at radius 2 is 1.71 bits per heavy atom. The van der Waals surface area contributed by atoms with Gasteiger partial charge in [-0.1, -0.05) is 46.4 Å². The second kappa shape index (κ2) is 14.0. The van der Waals surface area contributed by atoms with Crippen molar-refractivity contribution in [1.29, 1.82) is 0 Å². The Morgan fingerprint density at radius 1 is 0.976 bits per heavy atom. The third-order valence-corrected chi connectivity index (χ3v) is 8.34. The molecule has 11 heteroatoms. The molecule has 2 atom stereocenters. The highest BCUT2D eigenvalue weighted by Gasteiger charge is 2.31. The largest absolute Gasteiger partial charge is 0.355 e. The number of likely N-dealkylation sites (tertiary alicyclic amines) is 1. The number of hydrogen-bond donors (Lipinski definition) is 2. The van der Waals surface area contributed by atoms with Gasteiger partial charge in [-0.15, -0.1) is 0 Å². The lowest BCUT2D eigenvalue weighted by Crippen LogP contribution is -2.50. The van der Waals surface area contributed by atoms with Crippen LogP contribution in [0.1, 0.15) is 48.2 Å². The number of aromatic nitrogens is 1. The second-order valence-electron chi connectivity index (χ2n) is 10.7. The molecule has 0 spiro atoms. The van der Waals surface area contributed by atoms with Crippen LogP contribution >= 0.6 is 34.8 Å². The van der Waals surface area contributed by atoms with E-state index in [-0.39, 0.29) is 29.6 Å². The number of benzene rings is 2. The minimum absolute atomic E-state index is 0.0519. The zero-order valence-electron chi connectivity index (χ0n) is 22.8. The van der Waals surface area contributed by atoms with Crippen LogP contribution < -0.4 is 10.6 Å². The molecular formula is C30H34Cl3N5O3. The molecule has 2 N–H and O–H groups in total. The summed E-state index contributed by atoms with van der Waals surface area (Å²) < 4.78 is 5.39. The van der Waals surface area contributed by atoms with Gasteiger partial charge in [-0.2, -0.15) is 0 Å². The predicted octanol–water partition coefficient (Wildman–Crippen LogP) is 5.67. The molecule has 2 aliphatic heterocycles. The molecule has 41 heavy (non-hydrogen) atoms. The third-order valence-electron chi connectivity index (χ3n) is 7.65. The van der Waals surface area contributed by atoms with Gasteiger partial charge in [-0.05, 0) is 86.8 Å². The number of carbonyl (C=O) groups is 2. The van der Waals surface area contributed by atoms with Gasteiger partial charge in [0.2, 0.25) is 5.91 Å². The van der Waals surface area contributed by atoms with Crippen LogP contribution in [0.4, 0.5) is 0 Å². The zero-order valence-corrected chi connectivity index (χ0v) is 25.0. The number of piperidine rings is 1. The van der Waals surface area contributed by atoms with Gasteiger partial charge in [0.25, 0.3) is 5.91 Å². The minimum Gasteiger partial charge on any atom is -0.355 e. The van der Waals surface area contributed by atoms with E-state index in [0.29, 0.717) is 53.3 Å². The Hall–Kier alpha value is -2.62. The molecule has 5 rings (SSSR count). The van der Waals surface area contributed by atoms with Crippen molar-refractivity contribution in [3.63, 3.8) is 0 Å². The van der Waals surface area contributed by atoms with Crippen molar-refractivity contribution in [2.45, 2.75) is 50.7 Å². The summed E-state index contributed by atoms with van der Waals surface area (Å²) >= 11 is 18.4. The molecule has 3 heterocycles. The van der Waals surface area contributed by atoms with Gasteiger partial charge >= 0.3 is 0 Å². The third kappa shape index (κ3) is 8.23. The normalized spacial score (nSPS) is 20.2. The molecule has 8 nitrogen and oxygen atoms in total. The molecular weight excluding hydrogens is 585 g/mol. The Labute approximate surface area is 255 Å². The van der Waals surface area contributed by atoms with Crippen LogP contribution in [0.15, 0.2) is 53.1 Å². The molecule has 2 saturated heterocycles. The van der Waals surface area contributed by atoms with Gasteiger partial charge in [0.15, 0.2) is 11.5 Å². The van der Waals surface area contributed by atoms with E-state index >= 15 is 0 Å². The summed E-state index contributed by atoms with van der Waals surface area (Å²) in [6.07, 6.45) is 5.04. The molecule has 2 amide bonds. The summed E-state index contributed by atoms with van der Waals surface area (Å²) in [4.78, 5) is 30.9. The fourth-order valence-corrected chi connectivity index (χ4v) is 6.16. The number of hydrogen-bond acceptors (Lipinski definition) is 6. The summed E-state index contributed by atoms with van der Waals surface area (Å²) in [5.74, 6) is 0.206. The lowest BCUT2D eigenvalue weighted by atomic mass is 10.1. The molecule has 2 aliphatic rings. The quantitative estimate of drug-likeness (QED) is 0.321. The number of rotatable bonds is 9. The van der Waals surface area contributed by atoms with E-state index in [1.165, 1.54) is 19.3 Å². The van der Waals surface area contributed by atoms with E-state index in [2.05, 4.69) is 20.7 Å². The Kier molecular flexibility index (Phi) is 10.2. The predicted molar refractivity (Wildman–Crippen MR) is 161 cm³/mol. The molecule has 0 bridgehead atoms. The van der Waals surface area contributed by atoms with E-state index in [1.807, 2.05) is 29.2 Å². The first kappa shape index (κ1) is 29.9. The van der Waals surface area contributed by atoms with Crippen molar-refractivity contribution in [2.75, 3.05) is 32.7 Å². The first-order valence-electron chi connectivity index (χ1n) is 14.1. The molecule has 3 aromatic rings. The van der Waals surface area contributed by atoms with Crippen LogP contribution in [-0.4, -0.2) is 71.6 Å². The highest BCUT2D eigenvalue weighted by molar-refractivity contribution is 6.34. The van der Waals surface area contributed by atoms with E-state index in [1.54, 1.807) is 24.3 Å². The Bertz CT molecular complexity index is 1320. The maximum absolute atomic E-state index is 13.7. The average Bonchev–Trinajstić information content (AvgIpc) is 3.40. The smallest absolute Gasteiger partial charge is 0.273 e. The van der Waals surface area contributed by atoms with Crippen molar-refractivity contribution >= 4 is 46.6 Å². The summed E-state index contributed by atoms with van der Waals surface area (Å²) in [5.41, 5.74) is 1.86. The number of carbonyl (C=O) groups excluding carboxylic acids is 2. The first-order valence-corrected chi connectivity index (χ1v) is 15.2. The lowest BCUT2D eigenvalue weighted by molar-refractivity contribution is -0.133. The molecule has 2 unspecified atom stereocenters. The molecule has 2 fully saturated rings. The monoisotopic (exact) mass is 617 g/mol. The van der Waals surface area contributed by atoms with Gasteiger partial charge in [-0.3, -0.25) is 9.59 Å². The van der Waals surface area contributed by atoms with Gasteiger partial charge in [-0.25, -0.2) is 0 Å². The summed E-state index contributed by atoms with van der Waals surface area (Å²) in [6.45, 7) is 4.31. The van der Waals surface area contributed by atoms with Crippen LogP contribution in [0.2, 0.25) is 15.1 Å². The number of amides is 2. The molecule has 1 aromatic heterocycles. The minimum atomic E-state index is -0.362. The van der Waals surface area contributed by atoms with Crippen LogP contribution in [0.5, 0.6) is 0 Å². The summed E-state index contributed by atoms with van der Waals surface area (Å²) in [7, 11) is 0. The standard InChI is InChI=1S/C30H34Cl3N5O3/c31-22-6-4-21(5-7-22)28-17-27(36-41-28)29(39)34-18-25-8-13-38(19-20-14-23(32)16-24(33)15-20)30(40)26(35-25)9-12-37-10-2-1-3-11-37/h4-7,14-17,25-26,35H,1-3,8-13,18-19H2,(H,34,39). The van der Waals surface area contributed by atoms with E-state index in [0.717, 1.165) is 30.8 Å². The number of nitrogens with one attached hydrogen (secondary N) is 2. The highest BCUT2D eigenvalue weighted by Crippen LogP contribution is 2.24. The summed E-state index contributed by atoms with van der Waals surface area (Å²) in [6, 6.07) is 13.7. The van der Waals surface area contributed by atoms with E-state index < -0.39 is 0 Å². The zero-order chi connectivity index (χ0) is 28.8. The van der Waals surface area contributed by atoms with Crippen LogP contribution in [0.3, 0.4) is 0 Å². The Morgan fingerprint density at radius 3 is 2.44 bits per heavy atom. The van der Waals surface area contributed by atoms with Crippen molar-refractivity contribution in [1.82, 2.24) is 25.6 Å². The SMILES string of the molecule is O=C(NCC1CCN(Cc2cc(Cl)cc(Cl)c2)C(=O)C(CCN2CCCCC2)N1)c1cc(-c2ccc(Cl)cc2)on1. The molecule has 218 valence electrons. The lowest BCUT2D eigenvalue weighted by Gasteiger charge is -2.30. The fourth-order valence-electron chi connectivity index (χ4n) is 5.46. The van der Waals surface area contributed by atoms with Gasteiger partial charge < -0.3 is 25.0 Å². The van der Waals surface area contributed by atoms with Crippen molar-refractivity contribution in [2.24, 2.45) is 0 Å². The van der Waals surface area contributed by atoms with Crippen molar-refractivity contribution < 1.29 is 14.1 Å². The molecule has 0 aliphatic carbocycles. The molecule has 2 aromatic carbocycles. The van der Waals surface area contributed by atoms with E-state index in [9.17, 15) is 9.59 Å². The topological polar surface area (TPSA) is 90.7 Å². The fraction of sp³-hybridized carbons (Fsp3) is 0.433. The average molecular weight is 619 g/mol. The van der Waals surface area contributed by atoms with Gasteiger partial charge in [0.1, 0.15) is 0 Å². The molecule has 0 radical (unpaired) electrons. The number of halogens is 3. The van der Waals surface area contributed by atoms with Crippen LogP contribution in [0, 0.1) is 0 Å². The first-order chi connectivity index (χ1) is 19.8. The molecule has 0 saturated carbocycles. The number of nitrogens with zero attached hydrogens (tertiary/aromatic N) is 3. The highest BCUT2D eigenvalue weighted by atomic mass is 35.5. The Balaban J connectivity index is 1.24. The van der Waals surface area contributed by atoms with Gasteiger partial charge in [0, 0.05) is 58.9 Å². The summed E-state index contributed by atoms with van der Waals surface area (Å²) in [5, 5.41) is 12.2. The van der Waals surface area contributed by atoms with Crippen LogP contribution in [0.25, 0.3) is 11.3 Å². The van der Waals surface area contributed by atoms with Crippen molar-refractivity contribution in [3.05, 3.63) is 74.9 Å².